The SMILES string of the molecule is BBC(F)BB. The molecule has 6 heavy (non-hydrogen) atoms. The maximum absolute atomic E-state index is 11.9. The highest BCUT2D eigenvalue weighted by Crippen LogP contribution is 1.75. The van der Waals surface area contributed by atoms with Crippen LogP contribution in [0, 0.1) is 0 Å². The molecule has 0 rings (SSSR count). The van der Waals surface area contributed by atoms with Crippen molar-refractivity contribution in [2.75, 3.05) is 0 Å². The molecule has 0 fully saturated rings. The molecule has 5 heteroatoms. The van der Waals surface area contributed by atoms with E-state index < -0.39 is 5.97 Å². The average Bonchev–Trinajstić information content (AvgIpc) is 1.65. The second-order valence-electron chi connectivity index (χ2n) is 1.41. The van der Waals surface area contributed by atoms with E-state index in [-0.39, 0.29) is 0 Å². The van der Waals surface area contributed by atoms with E-state index in [0.29, 0.717) is 14.3 Å². The zero-order chi connectivity index (χ0) is 4.99. The molecular formula is CH7B4F. The van der Waals surface area contributed by atoms with Crippen molar-refractivity contribution in [1.29, 1.82) is 0 Å². The second-order valence-corrected chi connectivity index (χ2v) is 1.41. The molecule has 0 N–H and O–H groups in total. The quantitative estimate of drug-likeness (QED) is 0.315. The third-order valence-corrected chi connectivity index (χ3v) is 0.886. The Morgan fingerprint density at radius 3 is 1.67 bits per heavy atom. The predicted octanol–water partition coefficient (Wildman–Crippen LogP) is -2.79. The average molecular weight is 81.3 g/mol. The van der Waals surface area contributed by atoms with Gasteiger partial charge in [-0.1, -0.05) is 0 Å². The molecule has 0 saturated carbocycles. The first-order valence-electron chi connectivity index (χ1n) is 2.45. The van der Waals surface area contributed by atoms with Gasteiger partial charge in [0.2, 0.25) is 0 Å². The van der Waals surface area contributed by atoms with E-state index in [9.17, 15) is 4.39 Å². The summed E-state index contributed by atoms with van der Waals surface area (Å²) in [5.74, 6) is -0.565. The monoisotopic (exact) mass is 82.1 g/mol. The molecule has 0 aromatic rings. The van der Waals surface area contributed by atoms with Crippen LogP contribution in [0.3, 0.4) is 0 Å². The lowest BCUT2D eigenvalue weighted by Gasteiger charge is -1.90. The van der Waals surface area contributed by atoms with Crippen molar-refractivity contribution in [3.63, 3.8) is 0 Å². The number of halogens is 1. The molecule has 0 aliphatic carbocycles. The van der Waals surface area contributed by atoms with E-state index in [2.05, 4.69) is 0 Å². The summed E-state index contributed by atoms with van der Waals surface area (Å²) in [4.78, 5) is 0. The van der Waals surface area contributed by atoms with E-state index in [1.54, 1.807) is 0 Å². The van der Waals surface area contributed by atoms with Gasteiger partial charge in [0.05, 0.1) is 15.5 Å². The van der Waals surface area contributed by atoms with Crippen molar-refractivity contribution < 1.29 is 4.39 Å². The lowest BCUT2D eigenvalue weighted by Crippen LogP contribution is -2.19. The zero-order valence-electron chi connectivity index (χ0n) is 4.37. The largest absolute Gasteiger partial charge is 0.268 e. The number of rotatable bonds is 2. The first-order valence-corrected chi connectivity index (χ1v) is 2.45. The molecule has 0 radical (unpaired) electrons. The minimum atomic E-state index is -0.565. The maximum atomic E-state index is 11.9. The van der Waals surface area contributed by atoms with Crippen LogP contribution in [-0.4, -0.2) is 35.8 Å². The number of hydrogen-bond acceptors (Lipinski definition) is 0. The fraction of sp³-hybridized carbons (Fsp3) is 1.00. The first-order chi connectivity index (χ1) is 2.81. The van der Waals surface area contributed by atoms with E-state index in [1.807, 2.05) is 15.5 Å². The van der Waals surface area contributed by atoms with Crippen LogP contribution in [0.15, 0.2) is 0 Å². The molecular weight excluding hydrogens is 74.3 g/mol. The Labute approximate surface area is 41.1 Å². The van der Waals surface area contributed by atoms with Crippen LogP contribution < -0.4 is 0 Å². The highest BCUT2D eigenvalue weighted by molar-refractivity contribution is 7.03. The summed E-state index contributed by atoms with van der Waals surface area (Å²) in [6, 6.07) is 0. The molecule has 0 heterocycles. The van der Waals surface area contributed by atoms with Crippen molar-refractivity contribution in [1.82, 2.24) is 0 Å². The Morgan fingerprint density at radius 1 is 1.33 bits per heavy atom. The first kappa shape index (κ1) is 6.19. The molecule has 0 spiro atoms. The van der Waals surface area contributed by atoms with Gasteiger partial charge in [0.15, 0.2) is 0 Å². The minimum Gasteiger partial charge on any atom is -0.268 e. The fourth-order valence-corrected chi connectivity index (χ4v) is 0.289. The topological polar surface area (TPSA) is 0 Å². The number of alkyl halides is 1. The highest BCUT2D eigenvalue weighted by Gasteiger charge is 1.98. The maximum Gasteiger partial charge on any atom is 0.114 e. The Bertz CT molecular complexity index is 26.7. The summed E-state index contributed by atoms with van der Waals surface area (Å²) in [5.41, 5.74) is 0. The lowest BCUT2D eigenvalue weighted by molar-refractivity contribution is 0.548. The van der Waals surface area contributed by atoms with Crippen LogP contribution in [0.1, 0.15) is 0 Å². The fourth-order valence-electron chi connectivity index (χ4n) is 0.289. The third-order valence-electron chi connectivity index (χ3n) is 0.886. The van der Waals surface area contributed by atoms with Crippen LogP contribution in [0.4, 0.5) is 4.39 Å². The van der Waals surface area contributed by atoms with Gasteiger partial charge in [-0.15, -0.1) is 0 Å². The van der Waals surface area contributed by atoms with Gasteiger partial charge in [-0.3, -0.25) is 4.39 Å². The summed E-state index contributed by atoms with van der Waals surface area (Å²) >= 11 is 0. The molecule has 0 unspecified atom stereocenters. The summed E-state index contributed by atoms with van der Waals surface area (Å²) in [6.45, 7) is 0. The summed E-state index contributed by atoms with van der Waals surface area (Å²) in [5, 5.41) is 0. The van der Waals surface area contributed by atoms with E-state index in [4.69, 9.17) is 0 Å². The Hall–Kier alpha value is 0.190. The van der Waals surface area contributed by atoms with E-state index in [0.717, 1.165) is 0 Å². The van der Waals surface area contributed by atoms with Crippen molar-refractivity contribution in [3.05, 3.63) is 0 Å². The van der Waals surface area contributed by atoms with Crippen LogP contribution in [0.5, 0.6) is 0 Å². The standard InChI is InChI=1S/CH7B4F/c2-4-1(6)5-3/h1,4-5H,2-3H2. The predicted molar refractivity (Wildman–Crippen MR) is 36.3 cm³/mol. The van der Waals surface area contributed by atoms with Crippen molar-refractivity contribution in [2.24, 2.45) is 0 Å². The highest BCUT2D eigenvalue weighted by atomic mass is 19.1. The van der Waals surface area contributed by atoms with Crippen molar-refractivity contribution >= 4 is 29.8 Å². The third kappa shape index (κ3) is 2.43. The molecule has 0 saturated heterocycles. The van der Waals surface area contributed by atoms with Gasteiger partial charge in [-0.2, -0.15) is 0 Å². The molecule has 0 aromatic heterocycles. The molecule has 0 aliphatic rings. The van der Waals surface area contributed by atoms with Crippen molar-refractivity contribution in [2.45, 2.75) is 5.97 Å². The summed E-state index contributed by atoms with van der Waals surface area (Å²) < 4.78 is 11.9. The van der Waals surface area contributed by atoms with E-state index in [1.165, 1.54) is 0 Å². The van der Waals surface area contributed by atoms with Gasteiger partial charge in [0.25, 0.3) is 0 Å². The molecule has 0 nitrogen and oxygen atoms in total. The normalized spacial score (nSPS) is 8.33. The Balaban J connectivity index is 2.75. The van der Waals surface area contributed by atoms with Gasteiger partial charge < -0.3 is 0 Å². The van der Waals surface area contributed by atoms with Gasteiger partial charge in [-0.05, 0) is 0 Å². The van der Waals surface area contributed by atoms with Crippen LogP contribution in [-0.2, 0) is 0 Å². The molecule has 0 aliphatic heterocycles. The van der Waals surface area contributed by atoms with Gasteiger partial charge in [0.1, 0.15) is 14.3 Å². The van der Waals surface area contributed by atoms with Crippen LogP contribution in [0.2, 0.25) is 0 Å². The van der Waals surface area contributed by atoms with Crippen molar-refractivity contribution in [3.8, 4) is 0 Å². The smallest absolute Gasteiger partial charge is 0.114 e. The molecule has 0 amide bonds. The Morgan fingerprint density at radius 2 is 1.67 bits per heavy atom. The minimum absolute atomic E-state index is 0.565. The molecule has 30 valence electrons. The number of hydrogen-bond donors (Lipinski definition) is 0. The second kappa shape index (κ2) is 3.38. The van der Waals surface area contributed by atoms with Gasteiger partial charge >= 0.3 is 0 Å². The Kier molecular flexibility index (Phi) is 3.49. The van der Waals surface area contributed by atoms with Crippen LogP contribution >= 0.6 is 0 Å². The lowest BCUT2D eigenvalue weighted by atomic mass is 9.35. The van der Waals surface area contributed by atoms with Crippen LogP contribution in [0.25, 0.3) is 0 Å². The van der Waals surface area contributed by atoms with E-state index >= 15 is 0 Å². The molecule has 0 bridgehead atoms. The molecule has 0 atom stereocenters. The summed E-state index contributed by atoms with van der Waals surface area (Å²) in [7, 11) is 5.04. The zero-order valence-corrected chi connectivity index (χ0v) is 4.37. The molecule has 0 aromatic carbocycles. The van der Waals surface area contributed by atoms with Gasteiger partial charge in [-0.25, -0.2) is 0 Å². The summed E-state index contributed by atoms with van der Waals surface area (Å²) in [6.07, 6.45) is 0. The van der Waals surface area contributed by atoms with Gasteiger partial charge in [0, 0.05) is 5.97 Å².